The molecule has 234 valence electrons. The molecule has 2 saturated heterocycles. The Morgan fingerprint density at radius 2 is 1.37 bits per heavy atom. The van der Waals surface area contributed by atoms with E-state index < -0.39 is 40.2 Å². The zero-order chi connectivity index (χ0) is 30.7. The number of ketones is 1. The van der Waals surface area contributed by atoms with E-state index in [4.69, 9.17) is 4.74 Å². The van der Waals surface area contributed by atoms with Crippen molar-refractivity contribution < 1.29 is 35.9 Å². The highest BCUT2D eigenvalue weighted by Gasteiger charge is 2.56. The minimum absolute atomic E-state index is 0.138. The average molecular weight is 608 g/mol. The normalized spacial score (nSPS) is 32.0. The van der Waals surface area contributed by atoms with Gasteiger partial charge < -0.3 is 9.64 Å². The first-order valence-corrected chi connectivity index (χ1v) is 15.5. The van der Waals surface area contributed by atoms with Gasteiger partial charge in [-0.2, -0.15) is 26.3 Å². The number of carbonyl (C=O) groups excluding carboxylic acids is 1. The summed E-state index contributed by atoms with van der Waals surface area (Å²) in [6, 6.07) is 11.9. The number of benzene rings is 2. The highest BCUT2D eigenvalue weighted by molar-refractivity contribution is 5.95. The topological polar surface area (TPSA) is 29.5 Å². The number of nitrogens with zero attached hydrogens (tertiary/aromatic N) is 1. The third-order valence-corrected chi connectivity index (χ3v) is 11.4. The molecular formula is C34H39F6NO2. The molecule has 0 amide bonds. The number of piperidine rings is 1. The molecule has 2 unspecified atom stereocenters. The van der Waals surface area contributed by atoms with Crippen molar-refractivity contribution in [1.29, 1.82) is 0 Å². The number of hydrogen-bond acceptors (Lipinski definition) is 3. The van der Waals surface area contributed by atoms with Crippen molar-refractivity contribution in [2.45, 2.75) is 93.9 Å². The molecule has 4 aliphatic rings. The first-order chi connectivity index (χ1) is 20.3. The second-order valence-electron chi connectivity index (χ2n) is 13.7. The fourth-order valence-electron chi connectivity index (χ4n) is 8.66. The first kappa shape index (κ1) is 30.6. The van der Waals surface area contributed by atoms with Crippen LogP contribution < -0.4 is 0 Å². The summed E-state index contributed by atoms with van der Waals surface area (Å²) in [5, 5.41) is 0. The van der Waals surface area contributed by atoms with Crippen LogP contribution >= 0.6 is 0 Å². The minimum atomic E-state index is -4.96. The second kappa shape index (κ2) is 10.9. The lowest BCUT2D eigenvalue weighted by molar-refractivity contribution is -0.143. The Morgan fingerprint density at radius 1 is 0.767 bits per heavy atom. The van der Waals surface area contributed by atoms with E-state index in [1.165, 1.54) is 6.92 Å². The number of hydrogen-bond donors (Lipinski definition) is 0. The van der Waals surface area contributed by atoms with E-state index in [1.54, 1.807) is 0 Å². The fourth-order valence-corrected chi connectivity index (χ4v) is 8.66. The zero-order valence-electron chi connectivity index (χ0n) is 24.5. The predicted octanol–water partition coefficient (Wildman–Crippen LogP) is 8.34. The van der Waals surface area contributed by atoms with Gasteiger partial charge in [0.15, 0.2) is 0 Å². The van der Waals surface area contributed by atoms with Crippen LogP contribution in [0.3, 0.4) is 0 Å². The van der Waals surface area contributed by atoms with Crippen LogP contribution in [0.2, 0.25) is 0 Å². The second-order valence-corrected chi connectivity index (χ2v) is 13.7. The minimum Gasteiger partial charge on any atom is -0.381 e. The van der Waals surface area contributed by atoms with Crippen molar-refractivity contribution in [3.05, 3.63) is 70.8 Å². The molecule has 2 aromatic rings. The Hall–Kier alpha value is -2.39. The molecule has 3 nitrogen and oxygen atoms in total. The van der Waals surface area contributed by atoms with Gasteiger partial charge in [-0.05, 0) is 113 Å². The van der Waals surface area contributed by atoms with Gasteiger partial charge in [-0.3, -0.25) is 4.79 Å². The molecule has 4 fully saturated rings. The zero-order valence-corrected chi connectivity index (χ0v) is 24.5. The van der Waals surface area contributed by atoms with Gasteiger partial charge in [0, 0.05) is 24.0 Å². The smallest absolute Gasteiger partial charge is 0.381 e. The summed E-state index contributed by atoms with van der Waals surface area (Å²) in [7, 11) is 0. The molecule has 2 aromatic carbocycles. The Kier molecular flexibility index (Phi) is 7.76. The van der Waals surface area contributed by atoms with Crippen LogP contribution in [0.1, 0.15) is 87.0 Å². The summed E-state index contributed by atoms with van der Waals surface area (Å²) in [5.41, 5.74) is -3.53. The maximum atomic E-state index is 14.4. The predicted molar refractivity (Wildman–Crippen MR) is 151 cm³/mol. The maximum absolute atomic E-state index is 14.4. The number of carbonyl (C=O) groups is 1. The van der Waals surface area contributed by atoms with Gasteiger partial charge in [-0.15, -0.1) is 0 Å². The molecule has 2 aliphatic carbocycles. The Balaban J connectivity index is 1.27. The highest BCUT2D eigenvalue weighted by atomic mass is 19.4. The summed E-state index contributed by atoms with van der Waals surface area (Å²) in [4.78, 5) is 17.0. The van der Waals surface area contributed by atoms with Crippen molar-refractivity contribution >= 4 is 5.78 Å². The van der Waals surface area contributed by atoms with Gasteiger partial charge >= 0.3 is 12.4 Å². The van der Waals surface area contributed by atoms with Crippen molar-refractivity contribution in [2.75, 3.05) is 26.3 Å². The molecule has 1 spiro atoms. The summed E-state index contributed by atoms with van der Waals surface area (Å²) >= 11 is 0. The molecule has 2 atom stereocenters. The average Bonchev–Trinajstić information content (AvgIpc) is 3.57. The van der Waals surface area contributed by atoms with E-state index in [-0.39, 0.29) is 23.8 Å². The van der Waals surface area contributed by atoms with Crippen LogP contribution in [0.5, 0.6) is 0 Å². The van der Waals surface area contributed by atoms with Crippen LogP contribution in [0.4, 0.5) is 26.3 Å². The van der Waals surface area contributed by atoms with Gasteiger partial charge in [-0.1, -0.05) is 30.3 Å². The lowest BCUT2D eigenvalue weighted by Crippen LogP contribution is -2.50. The molecule has 0 aromatic heterocycles. The molecule has 43 heavy (non-hydrogen) atoms. The lowest BCUT2D eigenvalue weighted by Gasteiger charge is -2.49. The largest absolute Gasteiger partial charge is 0.416 e. The van der Waals surface area contributed by atoms with E-state index in [1.807, 2.05) is 30.3 Å². The van der Waals surface area contributed by atoms with Gasteiger partial charge in [-0.25, -0.2) is 0 Å². The van der Waals surface area contributed by atoms with Crippen molar-refractivity contribution in [2.24, 2.45) is 11.3 Å². The Labute approximate surface area is 249 Å². The van der Waals surface area contributed by atoms with Gasteiger partial charge in [0.05, 0.1) is 23.1 Å². The Bertz CT molecular complexity index is 1280. The molecule has 0 bridgehead atoms. The summed E-state index contributed by atoms with van der Waals surface area (Å²) < 4.78 is 87.9. The fraction of sp³-hybridized carbons (Fsp3) is 0.618. The van der Waals surface area contributed by atoms with Gasteiger partial charge in [0.25, 0.3) is 0 Å². The standard InChI is InChI=1S/C34H39F6NO2/c1-30(24-19-25(33(35,36)37)21-26(20-24)34(38,39)40)10-9-28(29(30)42)32(23-5-3-2-4-6-23)11-7-27(8-12-32)41-16-13-31(14-17-41)15-18-43-22-31/h2-6,19-21,27-28H,7-18,22H2,1H3. The van der Waals surface area contributed by atoms with E-state index in [0.29, 0.717) is 17.9 Å². The van der Waals surface area contributed by atoms with Gasteiger partial charge in [0.2, 0.25) is 0 Å². The highest BCUT2D eigenvalue weighted by Crippen LogP contribution is 2.55. The van der Waals surface area contributed by atoms with Gasteiger partial charge in [0.1, 0.15) is 5.78 Å². The lowest BCUT2D eigenvalue weighted by atomic mass is 9.59. The van der Waals surface area contributed by atoms with Crippen LogP contribution in [0.25, 0.3) is 0 Å². The molecule has 2 aliphatic heterocycles. The molecule has 6 rings (SSSR count). The summed E-state index contributed by atoms with van der Waals surface area (Å²) in [6.45, 7) is 5.29. The maximum Gasteiger partial charge on any atom is 0.416 e. The molecule has 2 saturated carbocycles. The number of likely N-dealkylation sites (tertiary alicyclic amines) is 1. The van der Waals surface area contributed by atoms with Crippen molar-refractivity contribution in [3.8, 4) is 0 Å². The quantitative estimate of drug-likeness (QED) is 0.327. The van der Waals surface area contributed by atoms with E-state index in [2.05, 4.69) is 4.90 Å². The van der Waals surface area contributed by atoms with Crippen LogP contribution in [0, 0.1) is 11.3 Å². The van der Waals surface area contributed by atoms with Crippen molar-refractivity contribution in [1.82, 2.24) is 4.90 Å². The molecule has 0 radical (unpaired) electrons. The SMILES string of the molecule is CC1(c2cc(C(F)(F)F)cc(C(F)(F)F)c2)CCC(C2(c3ccccc3)CCC(N3CCC4(CCOC4)CC3)CC2)C1=O. The van der Waals surface area contributed by atoms with Crippen molar-refractivity contribution in [3.63, 3.8) is 0 Å². The summed E-state index contributed by atoms with van der Waals surface area (Å²) in [5.74, 6) is -0.728. The molecule has 9 heteroatoms. The Morgan fingerprint density at radius 3 is 1.91 bits per heavy atom. The van der Waals surface area contributed by atoms with Crippen LogP contribution in [0.15, 0.2) is 48.5 Å². The monoisotopic (exact) mass is 607 g/mol. The number of Topliss-reactive ketones (excluding diaryl/α,β-unsaturated/α-hetero) is 1. The molecular weight excluding hydrogens is 568 g/mol. The summed E-state index contributed by atoms with van der Waals surface area (Å²) in [6.07, 6.45) is -2.57. The molecule has 2 heterocycles. The number of halogens is 6. The number of ether oxygens (including phenoxy) is 1. The van der Waals surface area contributed by atoms with Crippen LogP contribution in [-0.4, -0.2) is 43.0 Å². The van der Waals surface area contributed by atoms with E-state index in [0.717, 1.165) is 88.9 Å². The van der Waals surface area contributed by atoms with E-state index in [9.17, 15) is 31.1 Å². The third-order valence-electron chi connectivity index (χ3n) is 11.4. The third kappa shape index (κ3) is 5.54. The molecule has 0 N–H and O–H groups in total. The number of rotatable bonds is 4. The van der Waals surface area contributed by atoms with E-state index >= 15 is 0 Å². The first-order valence-electron chi connectivity index (χ1n) is 15.5. The number of alkyl halides is 6. The van der Waals surface area contributed by atoms with Crippen LogP contribution in [-0.2, 0) is 32.7 Å².